The molecule has 0 unspecified atom stereocenters. The second-order valence-electron chi connectivity index (χ2n) is 6.42. The molecule has 0 saturated carbocycles. The average molecular weight is 375 g/mol. The lowest BCUT2D eigenvalue weighted by atomic mass is 9.98. The topological polar surface area (TPSA) is 85.6 Å². The van der Waals surface area contributed by atoms with E-state index in [0.717, 1.165) is 11.1 Å². The van der Waals surface area contributed by atoms with Crippen LogP contribution in [-0.4, -0.2) is 27.3 Å². The molecule has 3 aromatic rings. The second-order valence-corrected chi connectivity index (χ2v) is 6.42. The van der Waals surface area contributed by atoms with E-state index in [1.54, 1.807) is 23.1 Å². The van der Waals surface area contributed by atoms with Crippen molar-refractivity contribution in [2.45, 2.75) is 13.0 Å². The Morgan fingerprint density at radius 3 is 2.68 bits per heavy atom. The van der Waals surface area contributed by atoms with Gasteiger partial charge < -0.3 is 9.64 Å². The number of hydrogen-bond donors (Lipinski definition) is 0. The maximum absolute atomic E-state index is 12.8. The zero-order chi connectivity index (χ0) is 19.5. The Labute approximate surface area is 161 Å². The van der Waals surface area contributed by atoms with Crippen molar-refractivity contribution in [1.82, 2.24) is 9.88 Å². The Bertz CT molecular complexity index is 1040. The van der Waals surface area contributed by atoms with E-state index in [1.807, 2.05) is 30.3 Å². The van der Waals surface area contributed by atoms with Gasteiger partial charge in [0.15, 0.2) is 0 Å². The molecule has 1 aromatic heterocycles. The molecule has 2 aromatic carbocycles. The zero-order valence-corrected chi connectivity index (χ0v) is 14.9. The van der Waals surface area contributed by atoms with Crippen molar-refractivity contribution in [2.24, 2.45) is 0 Å². The third-order valence-corrected chi connectivity index (χ3v) is 4.69. The number of amides is 1. The second kappa shape index (κ2) is 7.48. The molecule has 140 valence electrons. The fourth-order valence-electron chi connectivity index (χ4n) is 3.29. The van der Waals surface area contributed by atoms with E-state index in [0.29, 0.717) is 30.8 Å². The molecule has 0 radical (unpaired) electrons. The number of carbonyl (C=O) groups is 1. The van der Waals surface area contributed by atoms with E-state index < -0.39 is 4.92 Å². The predicted molar refractivity (Wildman–Crippen MR) is 102 cm³/mol. The van der Waals surface area contributed by atoms with Gasteiger partial charge in [-0.05, 0) is 36.2 Å². The molecule has 0 N–H and O–H groups in total. The molecule has 1 aliphatic rings. The monoisotopic (exact) mass is 375 g/mol. The standard InChI is InChI=1S/C21H17N3O4/c25-21(16-6-2-1-3-7-16)23-13-11-15-8-4-10-19(17(15)14-23)28-20-18(24(26)27)9-5-12-22-20/h1-10,12H,11,13-14H2. The number of nitrogens with zero attached hydrogens (tertiary/aromatic N) is 3. The van der Waals surface area contributed by atoms with Crippen LogP contribution >= 0.6 is 0 Å². The van der Waals surface area contributed by atoms with Crippen LogP contribution in [0, 0.1) is 10.1 Å². The number of carbonyl (C=O) groups excluding carboxylic acids is 1. The van der Waals surface area contributed by atoms with Crippen LogP contribution in [0.1, 0.15) is 21.5 Å². The van der Waals surface area contributed by atoms with Crippen molar-refractivity contribution in [2.75, 3.05) is 6.54 Å². The summed E-state index contributed by atoms with van der Waals surface area (Å²) in [6, 6.07) is 17.5. The molecule has 0 saturated heterocycles. The minimum absolute atomic E-state index is 0.0510. The first-order valence-corrected chi connectivity index (χ1v) is 8.86. The third-order valence-electron chi connectivity index (χ3n) is 4.69. The summed E-state index contributed by atoms with van der Waals surface area (Å²) in [4.78, 5) is 29.3. The first kappa shape index (κ1) is 17.7. The van der Waals surface area contributed by atoms with Crippen molar-refractivity contribution in [1.29, 1.82) is 0 Å². The van der Waals surface area contributed by atoms with E-state index in [1.165, 1.54) is 18.3 Å². The summed E-state index contributed by atoms with van der Waals surface area (Å²) in [6.07, 6.45) is 2.14. The molecule has 2 heterocycles. The number of fused-ring (bicyclic) bond motifs is 1. The van der Waals surface area contributed by atoms with Crippen molar-refractivity contribution in [3.8, 4) is 11.6 Å². The largest absolute Gasteiger partial charge is 0.433 e. The molecule has 1 aliphatic heterocycles. The highest BCUT2D eigenvalue weighted by Crippen LogP contribution is 2.34. The molecule has 7 nitrogen and oxygen atoms in total. The summed E-state index contributed by atoms with van der Waals surface area (Å²) in [5.41, 5.74) is 2.34. The summed E-state index contributed by atoms with van der Waals surface area (Å²) < 4.78 is 5.81. The normalized spacial score (nSPS) is 12.9. The summed E-state index contributed by atoms with van der Waals surface area (Å²) in [5, 5.41) is 11.2. The van der Waals surface area contributed by atoms with Crippen LogP contribution in [0.3, 0.4) is 0 Å². The Hall–Kier alpha value is -3.74. The summed E-state index contributed by atoms with van der Waals surface area (Å²) in [6.45, 7) is 0.980. The van der Waals surface area contributed by atoms with Gasteiger partial charge in [-0.2, -0.15) is 0 Å². The van der Waals surface area contributed by atoms with Crippen LogP contribution in [0.4, 0.5) is 5.69 Å². The molecule has 0 atom stereocenters. The molecule has 1 amide bonds. The molecule has 28 heavy (non-hydrogen) atoms. The van der Waals surface area contributed by atoms with Crippen molar-refractivity contribution in [3.05, 3.63) is 93.7 Å². The van der Waals surface area contributed by atoms with E-state index in [-0.39, 0.29) is 17.5 Å². The van der Waals surface area contributed by atoms with Crippen molar-refractivity contribution in [3.63, 3.8) is 0 Å². The van der Waals surface area contributed by atoms with Crippen LogP contribution in [-0.2, 0) is 13.0 Å². The van der Waals surface area contributed by atoms with Crippen molar-refractivity contribution < 1.29 is 14.5 Å². The summed E-state index contributed by atoms with van der Waals surface area (Å²) >= 11 is 0. The van der Waals surface area contributed by atoms with Gasteiger partial charge >= 0.3 is 5.69 Å². The highest BCUT2D eigenvalue weighted by Gasteiger charge is 2.25. The summed E-state index contributed by atoms with van der Waals surface area (Å²) in [5.74, 6) is 0.363. The maximum atomic E-state index is 12.8. The van der Waals surface area contributed by atoms with Crippen LogP contribution < -0.4 is 4.74 Å². The van der Waals surface area contributed by atoms with Gasteiger partial charge in [-0.3, -0.25) is 14.9 Å². The number of benzene rings is 2. The van der Waals surface area contributed by atoms with Gasteiger partial charge in [0.05, 0.1) is 4.92 Å². The fraction of sp³-hybridized carbons (Fsp3) is 0.143. The molecular formula is C21H17N3O4. The SMILES string of the molecule is O=C(c1ccccc1)N1CCc2cccc(Oc3ncccc3[N+](=O)[O-])c2C1. The van der Waals surface area contributed by atoms with E-state index in [4.69, 9.17) is 4.74 Å². The Morgan fingerprint density at radius 1 is 1.07 bits per heavy atom. The highest BCUT2D eigenvalue weighted by atomic mass is 16.6. The van der Waals surface area contributed by atoms with Crippen molar-refractivity contribution >= 4 is 11.6 Å². The first-order chi connectivity index (χ1) is 13.6. The fourth-order valence-corrected chi connectivity index (χ4v) is 3.29. The van der Waals surface area contributed by atoms with E-state index in [9.17, 15) is 14.9 Å². The van der Waals surface area contributed by atoms with E-state index in [2.05, 4.69) is 4.98 Å². The van der Waals surface area contributed by atoms with Gasteiger partial charge in [0.2, 0.25) is 0 Å². The maximum Gasteiger partial charge on any atom is 0.331 e. The zero-order valence-electron chi connectivity index (χ0n) is 14.9. The van der Waals surface area contributed by atoms with Gasteiger partial charge in [-0.25, -0.2) is 4.98 Å². The van der Waals surface area contributed by atoms with Crippen LogP contribution in [0.15, 0.2) is 66.9 Å². The third kappa shape index (κ3) is 3.42. The molecule has 4 rings (SSSR count). The Balaban J connectivity index is 1.64. The lowest BCUT2D eigenvalue weighted by molar-refractivity contribution is -0.386. The molecule has 0 bridgehead atoms. The number of ether oxygens (including phenoxy) is 1. The smallest absolute Gasteiger partial charge is 0.331 e. The average Bonchev–Trinajstić information content (AvgIpc) is 2.74. The lowest BCUT2D eigenvalue weighted by Crippen LogP contribution is -2.36. The Morgan fingerprint density at radius 2 is 1.89 bits per heavy atom. The minimum atomic E-state index is -0.525. The minimum Gasteiger partial charge on any atom is -0.433 e. The first-order valence-electron chi connectivity index (χ1n) is 8.86. The molecule has 7 heteroatoms. The number of aromatic nitrogens is 1. The predicted octanol–water partition coefficient (Wildman–Crippen LogP) is 3.98. The highest BCUT2D eigenvalue weighted by molar-refractivity contribution is 5.94. The molecule has 0 fully saturated rings. The summed E-state index contributed by atoms with van der Waals surface area (Å²) in [7, 11) is 0. The van der Waals surface area contributed by atoms with Crippen LogP contribution in [0.2, 0.25) is 0 Å². The number of rotatable bonds is 4. The quantitative estimate of drug-likeness (QED) is 0.509. The van der Waals surface area contributed by atoms with Gasteiger partial charge in [-0.1, -0.05) is 30.3 Å². The number of pyridine rings is 1. The number of nitro groups is 1. The molecule has 0 aliphatic carbocycles. The van der Waals surface area contributed by atoms with Gasteiger partial charge in [0, 0.05) is 36.5 Å². The number of hydrogen-bond acceptors (Lipinski definition) is 5. The van der Waals surface area contributed by atoms with Gasteiger partial charge in [0.1, 0.15) is 5.75 Å². The lowest BCUT2D eigenvalue weighted by Gasteiger charge is -2.30. The Kier molecular flexibility index (Phi) is 4.72. The van der Waals surface area contributed by atoms with Crippen LogP contribution in [0.25, 0.3) is 0 Å². The molecule has 0 spiro atoms. The van der Waals surface area contributed by atoms with Gasteiger partial charge in [0.25, 0.3) is 11.8 Å². The van der Waals surface area contributed by atoms with Crippen LogP contribution in [0.5, 0.6) is 11.6 Å². The molecular weight excluding hydrogens is 358 g/mol. The van der Waals surface area contributed by atoms with E-state index >= 15 is 0 Å². The van der Waals surface area contributed by atoms with Gasteiger partial charge in [-0.15, -0.1) is 0 Å².